The molecule has 3 nitrogen and oxygen atoms in total. The number of nitrogens with zero attached hydrogens (tertiary/aromatic N) is 1. The van der Waals surface area contributed by atoms with Gasteiger partial charge in [-0.1, -0.05) is 13.8 Å². The third kappa shape index (κ3) is 3.39. The molecule has 1 fully saturated rings. The highest BCUT2D eigenvalue weighted by atomic mass is 16.5. The third-order valence-electron chi connectivity index (χ3n) is 2.78. The zero-order chi connectivity index (χ0) is 10.6. The van der Waals surface area contributed by atoms with Crippen LogP contribution >= 0.6 is 0 Å². The maximum Gasteiger partial charge on any atom is 0.138 e. The number of hydrogen-bond donors (Lipinski definition) is 0. The number of piperidine rings is 1. The van der Waals surface area contributed by atoms with Crippen molar-refractivity contribution in [2.75, 3.05) is 33.4 Å². The Kier molecular flexibility index (Phi) is 4.55. The monoisotopic (exact) mass is 199 g/mol. The number of Topliss-reactive ketones (excluding diaryl/α,β-unsaturated/α-hetero) is 1. The molecule has 0 aromatic carbocycles. The molecule has 1 saturated heterocycles. The van der Waals surface area contributed by atoms with Gasteiger partial charge >= 0.3 is 0 Å². The van der Waals surface area contributed by atoms with Crippen LogP contribution in [0.5, 0.6) is 0 Å². The smallest absolute Gasteiger partial charge is 0.138 e. The van der Waals surface area contributed by atoms with Gasteiger partial charge in [-0.25, -0.2) is 0 Å². The lowest BCUT2D eigenvalue weighted by Gasteiger charge is -2.31. The molecule has 14 heavy (non-hydrogen) atoms. The molecule has 82 valence electrons. The zero-order valence-electron chi connectivity index (χ0n) is 9.45. The Morgan fingerprint density at radius 1 is 1.64 bits per heavy atom. The first-order chi connectivity index (χ1) is 6.63. The van der Waals surface area contributed by atoms with Crippen molar-refractivity contribution in [2.24, 2.45) is 11.8 Å². The highest BCUT2D eigenvalue weighted by Crippen LogP contribution is 2.13. The summed E-state index contributed by atoms with van der Waals surface area (Å²) >= 11 is 0. The van der Waals surface area contributed by atoms with Crippen molar-refractivity contribution in [3.63, 3.8) is 0 Å². The summed E-state index contributed by atoms with van der Waals surface area (Å²) in [6, 6.07) is 0. The minimum atomic E-state index is 0.221. The van der Waals surface area contributed by atoms with Crippen LogP contribution in [0.2, 0.25) is 0 Å². The van der Waals surface area contributed by atoms with Crippen molar-refractivity contribution in [1.29, 1.82) is 0 Å². The quantitative estimate of drug-likeness (QED) is 0.681. The molecular formula is C11H21NO2. The van der Waals surface area contributed by atoms with Gasteiger partial charge in [0, 0.05) is 45.7 Å². The van der Waals surface area contributed by atoms with Crippen molar-refractivity contribution < 1.29 is 9.53 Å². The van der Waals surface area contributed by atoms with Gasteiger partial charge in [-0.05, 0) is 5.92 Å². The Morgan fingerprint density at radius 3 is 2.93 bits per heavy atom. The second kappa shape index (κ2) is 5.47. The molecule has 1 aliphatic rings. The van der Waals surface area contributed by atoms with E-state index >= 15 is 0 Å². The van der Waals surface area contributed by atoms with Crippen LogP contribution in [0.4, 0.5) is 0 Å². The maximum absolute atomic E-state index is 11.3. The molecular weight excluding hydrogens is 178 g/mol. The first kappa shape index (κ1) is 11.7. The zero-order valence-corrected chi connectivity index (χ0v) is 9.45. The van der Waals surface area contributed by atoms with E-state index in [1.807, 2.05) is 6.92 Å². The average molecular weight is 199 g/mol. The predicted octanol–water partition coefficient (Wildman–Crippen LogP) is 1.18. The van der Waals surface area contributed by atoms with Gasteiger partial charge < -0.3 is 9.64 Å². The maximum atomic E-state index is 11.3. The predicted molar refractivity (Wildman–Crippen MR) is 56.3 cm³/mol. The van der Waals surface area contributed by atoms with Gasteiger partial charge in [0.15, 0.2) is 0 Å². The lowest BCUT2D eigenvalue weighted by Crippen LogP contribution is -2.42. The molecule has 0 radical (unpaired) electrons. The van der Waals surface area contributed by atoms with Crippen LogP contribution in [0.3, 0.4) is 0 Å². The fourth-order valence-corrected chi connectivity index (χ4v) is 2.04. The van der Waals surface area contributed by atoms with Gasteiger partial charge in [0.25, 0.3) is 0 Å². The topological polar surface area (TPSA) is 29.5 Å². The van der Waals surface area contributed by atoms with Crippen molar-refractivity contribution in [2.45, 2.75) is 20.3 Å². The van der Waals surface area contributed by atoms with E-state index in [0.717, 1.165) is 32.7 Å². The van der Waals surface area contributed by atoms with Crippen molar-refractivity contribution >= 4 is 5.78 Å². The second-order valence-corrected chi connectivity index (χ2v) is 4.44. The fraction of sp³-hybridized carbons (Fsp3) is 0.909. The summed E-state index contributed by atoms with van der Waals surface area (Å²) in [5.74, 6) is 1.19. The van der Waals surface area contributed by atoms with Crippen LogP contribution in [0.1, 0.15) is 20.3 Å². The molecule has 1 rings (SSSR count). The first-order valence-corrected chi connectivity index (χ1v) is 5.37. The van der Waals surface area contributed by atoms with E-state index in [2.05, 4.69) is 11.8 Å². The van der Waals surface area contributed by atoms with Gasteiger partial charge in [0.2, 0.25) is 0 Å². The SMILES string of the molecule is COCC(C)CN1CCC(=O)C(C)C1. The highest BCUT2D eigenvalue weighted by Gasteiger charge is 2.23. The molecule has 0 spiro atoms. The Morgan fingerprint density at radius 2 is 2.36 bits per heavy atom. The highest BCUT2D eigenvalue weighted by molar-refractivity contribution is 5.81. The number of carbonyl (C=O) groups is 1. The van der Waals surface area contributed by atoms with Gasteiger partial charge in [0.1, 0.15) is 5.78 Å². The van der Waals surface area contributed by atoms with Gasteiger partial charge in [-0.15, -0.1) is 0 Å². The number of rotatable bonds is 4. The van der Waals surface area contributed by atoms with Crippen LogP contribution in [-0.2, 0) is 9.53 Å². The fourth-order valence-electron chi connectivity index (χ4n) is 2.04. The molecule has 2 atom stereocenters. The van der Waals surface area contributed by atoms with Crippen LogP contribution in [-0.4, -0.2) is 44.0 Å². The van der Waals surface area contributed by atoms with Crippen LogP contribution < -0.4 is 0 Å². The molecule has 0 N–H and O–H groups in total. The summed E-state index contributed by atoms with van der Waals surface area (Å²) in [4.78, 5) is 13.7. The minimum Gasteiger partial charge on any atom is -0.384 e. The van der Waals surface area contributed by atoms with E-state index in [1.165, 1.54) is 0 Å². The van der Waals surface area contributed by atoms with Crippen molar-refractivity contribution in [1.82, 2.24) is 4.90 Å². The summed E-state index contributed by atoms with van der Waals surface area (Å²) < 4.78 is 5.10. The second-order valence-electron chi connectivity index (χ2n) is 4.44. The normalized spacial score (nSPS) is 26.5. The summed E-state index contributed by atoms with van der Waals surface area (Å²) in [6.45, 7) is 7.91. The summed E-state index contributed by atoms with van der Waals surface area (Å²) in [5.41, 5.74) is 0. The van der Waals surface area contributed by atoms with E-state index in [1.54, 1.807) is 7.11 Å². The first-order valence-electron chi connectivity index (χ1n) is 5.37. The molecule has 1 aliphatic heterocycles. The number of carbonyl (C=O) groups excluding carboxylic acids is 1. The largest absolute Gasteiger partial charge is 0.384 e. The van der Waals surface area contributed by atoms with E-state index in [9.17, 15) is 4.79 Å². The van der Waals surface area contributed by atoms with Crippen molar-refractivity contribution in [3.05, 3.63) is 0 Å². The van der Waals surface area contributed by atoms with Gasteiger partial charge in [0.05, 0.1) is 0 Å². The molecule has 0 aromatic heterocycles. The average Bonchev–Trinajstić information content (AvgIpc) is 2.12. The third-order valence-corrected chi connectivity index (χ3v) is 2.78. The van der Waals surface area contributed by atoms with Gasteiger partial charge in [-0.3, -0.25) is 4.79 Å². The summed E-state index contributed by atoms with van der Waals surface area (Å²) in [7, 11) is 1.73. The standard InChI is InChI=1S/C11H21NO2/c1-9(8-14-3)6-12-5-4-11(13)10(2)7-12/h9-10H,4-8H2,1-3H3. The van der Waals surface area contributed by atoms with Crippen LogP contribution in [0.15, 0.2) is 0 Å². The molecule has 1 heterocycles. The van der Waals surface area contributed by atoms with E-state index in [0.29, 0.717) is 11.7 Å². The number of methoxy groups -OCH3 is 1. The Balaban J connectivity index is 2.29. The summed E-state index contributed by atoms with van der Waals surface area (Å²) in [6.07, 6.45) is 0.723. The Bertz CT molecular complexity index is 194. The number of hydrogen-bond acceptors (Lipinski definition) is 3. The summed E-state index contributed by atoms with van der Waals surface area (Å²) in [5, 5.41) is 0. The number of ketones is 1. The lowest BCUT2D eigenvalue weighted by molar-refractivity contribution is -0.125. The molecule has 3 heteroatoms. The van der Waals surface area contributed by atoms with E-state index in [4.69, 9.17) is 4.74 Å². The molecule has 0 amide bonds. The van der Waals surface area contributed by atoms with Crippen LogP contribution in [0, 0.1) is 11.8 Å². The van der Waals surface area contributed by atoms with E-state index in [-0.39, 0.29) is 5.92 Å². The molecule has 0 aromatic rings. The number of ether oxygens (including phenoxy) is 1. The van der Waals surface area contributed by atoms with Crippen LogP contribution in [0.25, 0.3) is 0 Å². The van der Waals surface area contributed by atoms with Gasteiger partial charge in [-0.2, -0.15) is 0 Å². The Hall–Kier alpha value is -0.410. The molecule has 2 unspecified atom stereocenters. The lowest BCUT2D eigenvalue weighted by atomic mass is 9.98. The number of likely N-dealkylation sites (tertiary alicyclic amines) is 1. The minimum absolute atomic E-state index is 0.221. The molecule has 0 aliphatic carbocycles. The van der Waals surface area contributed by atoms with E-state index < -0.39 is 0 Å². The Labute approximate surface area is 86.4 Å². The molecule has 0 bridgehead atoms. The molecule has 0 saturated carbocycles. The van der Waals surface area contributed by atoms with Crippen molar-refractivity contribution in [3.8, 4) is 0 Å².